The van der Waals surface area contributed by atoms with Crippen molar-refractivity contribution < 1.29 is 20.7 Å². The molecule has 0 unspecified atom stereocenters. The van der Waals surface area contributed by atoms with Crippen molar-refractivity contribution in [3.8, 4) is 0 Å². The van der Waals surface area contributed by atoms with Crippen molar-refractivity contribution in [1.29, 1.82) is 0 Å². The third-order valence-corrected chi connectivity index (χ3v) is 6.68. The molecule has 0 atom stereocenters. The Balaban J connectivity index is 0.00000129. The van der Waals surface area contributed by atoms with Gasteiger partial charge in [-0.05, 0) is 115 Å². The monoisotopic (exact) mass is 560 g/mol. The van der Waals surface area contributed by atoms with Gasteiger partial charge in [-0.3, -0.25) is 20.5 Å². The standard InChI is InChI=1S/C33H42N2.C2H4O2.H2O2/c1-9-30(34-32-25(5)18-23(3)19-26(32)6)31(35-33-27(7)20-24(4)21-28(33)8)13-11-10-12-29-16-14-22(2)15-17-29;1-2(3)4;1-2/h14-21H,9-13H2,1-8H3;3-4H,1H2;1-2H. The van der Waals surface area contributed by atoms with Crippen molar-refractivity contribution in [2.45, 2.75) is 87.5 Å². The van der Waals surface area contributed by atoms with Gasteiger partial charge in [0.2, 0.25) is 0 Å². The van der Waals surface area contributed by atoms with Gasteiger partial charge < -0.3 is 10.2 Å². The summed E-state index contributed by atoms with van der Waals surface area (Å²) < 4.78 is 0. The summed E-state index contributed by atoms with van der Waals surface area (Å²) in [5.41, 5.74) is 14.7. The average Bonchev–Trinajstić information content (AvgIpc) is 2.89. The third-order valence-electron chi connectivity index (χ3n) is 6.68. The van der Waals surface area contributed by atoms with Crippen LogP contribution in [0.15, 0.2) is 71.0 Å². The van der Waals surface area contributed by atoms with E-state index in [1.54, 1.807) is 0 Å². The molecule has 3 aromatic rings. The van der Waals surface area contributed by atoms with E-state index in [1.165, 1.54) is 44.5 Å². The Morgan fingerprint density at radius 3 is 1.41 bits per heavy atom. The van der Waals surface area contributed by atoms with Crippen molar-refractivity contribution >= 4 is 22.8 Å². The quantitative estimate of drug-likeness (QED) is 0.0687. The number of aliphatic imine (C=N–C) groups is 2. The van der Waals surface area contributed by atoms with Gasteiger partial charge in [0, 0.05) is 0 Å². The van der Waals surface area contributed by atoms with E-state index in [1.807, 2.05) is 0 Å². The van der Waals surface area contributed by atoms with Crippen molar-refractivity contribution in [3.05, 3.63) is 106 Å². The van der Waals surface area contributed by atoms with Gasteiger partial charge in [-0.15, -0.1) is 0 Å². The van der Waals surface area contributed by atoms with Crippen molar-refractivity contribution in [2.24, 2.45) is 9.98 Å². The van der Waals surface area contributed by atoms with Crippen LogP contribution in [-0.4, -0.2) is 32.2 Å². The number of benzene rings is 3. The van der Waals surface area contributed by atoms with Gasteiger partial charge in [0.1, 0.15) is 0 Å². The van der Waals surface area contributed by atoms with Crippen LogP contribution in [0.4, 0.5) is 11.4 Å². The fourth-order valence-electron chi connectivity index (χ4n) is 4.96. The minimum Gasteiger partial charge on any atom is -0.482 e. The summed E-state index contributed by atoms with van der Waals surface area (Å²) in [6, 6.07) is 17.8. The number of nitrogens with zero attached hydrogens (tertiary/aromatic N) is 2. The van der Waals surface area contributed by atoms with Crippen LogP contribution in [0.2, 0.25) is 0 Å². The van der Waals surface area contributed by atoms with Gasteiger partial charge in [0.05, 0.1) is 22.8 Å². The highest BCUT2D eigenvalue weighted by Crippen LogP contribution is 2.29. The number of rotatable bonds is 9. The zero-order valence-electron chi connectivity index (χ0n) is 26.0. The maximum absolute atomic E-state index is 7.42. The summed E-state index contributed by atoms with van der Waals surface area (Å²) in [7, 11) is 0. The van der Waals surface area contributed by atoms with Crippen LogP contribution in [0.3, 0.4) is 0 Å². The normalized spacial score (nSPS) is 11.3. The summed E-state index contributed by atoms with van der Waals surface area (Å²) in [6.07, 6.45) is 5.16. The maximum atomic E-state index is 7.42. The highest BCUT2D eigenvalue weighted by atomic mass is 17.0. The first kappa shape index (κ1) is 35.3. The molecule has 0 aliphatic carbocycles. The summed E-state index contributed by atoms with van der Waals surface area (Å²) in [6.45, 7) is 20.0. The SMILES string of the molecule is C=C(O)O.CCC(=Nc1c(C)cc(C)cc1C)C(CCCCc1ccc(C)cc1)=Nc1c(C)cc(C)cc1C.OO. The Morgan fingerprint density at radius 1 is 0.634 bits per heavy atom. The second kappa shape index (κ2) is 17.8. The van der Waals surface area contributed by atoms with Crippen molar-refractivity contribution in [1.82, 2.24) is 0 Å². The molecule has 0 amide bonds. The largest absolute Gasteiger partial charge is 0.482 e. The van der Waals surface area contributed by atoms with Crippen LogP contribution in [0.1, 0.15) is 77.1 Å². The number of unbranched alkanes of at least 4 members (excludes halogenated alkanes) is 1. The van der Waals surface area contributed by atoms with Crippen LogP contribution >= 0.6 is 0 Å². The van der Waals surface area contributed by atoms with Gasteiger partial charge in [-0.1, -0.05) is 72.1 Å². The first-order valence-electron chi connectivity index (χ1n) is 14.0. The van der Waals surface area contributed by atoms with E-state index in [0.717, 1.165) is 54.9 Å². The predicted octanol–water partition coefficient (Wildman–Crippen LogP) is 10.1. The zero-order chi connectivity index (χ0) is 31.1. The molecule has 0 aliphatic rings. The Kier molecular flexibility index (Phi) is 15.4. The molecule has 0 aliphatic heterocycles. The molecule has 3 rings (SSSR count). The fraction of sp³-hybridized carbons (Fsp3) is 0.371. The van der Waals surface area contributed by atoms with Crippen LogP contribution in [0, 0.1) is 48.5 Å². The molecule has 0 radical (unpaired) electrons. The average molecular weight is 561 g/mol. The first-order chi connectivity index (χ1) is 19.4. The maximum Gasteiger partial charge on any atom is 0.266 e. The molecule has 0 saturated heterocycles. The van der Waals surface area contributed by atoms with E-state index >= 15 is 0 Å². The predicted molar refractivity (Wildman–Crippen MR) is 174 cm³/mol. The molecule has 0 fully saturated rings. The molecule has 0 aromatic heterocycles. The fourth-order valence-corrected chi connectivity index (χ4v) is 4.96. The smallest absolute Gasteiger partial charge is 0.266 e. The van der Waals surface area contributed by atoms with E-state index in [2.05, 4.69) is 110 Å². The topological polar surface area (TPSA) is 106 Å². The van der Waals surface area contributed by atoms with Crippen LogP contribution in [0.25, 0.3) is 0 Å². The van der Waals surface area contributed by atoms with Crippen LogP contribution < -0.4 is 0 Å². The van der Waals surface area contributed by atoms with E-state index in [0.29, 0.717) is 0 Å². The molecule has 0 saturated carbocycles. The summed E-state index contributed by atoms with van der Waals surface area (Å²) in [4.78, 5) is 10.5. The highest BCUT2D eigenvalue weighted by molar-refractivity contribution is 6.43. The van der Waals surface area contributed by atoms with E-state index in [9.17, 15) is 0 Å². The van der Waals surface area contributed by atoms with Crippen molar-refractivity contribution in [2.75, 3.05) is 0 Å². The second-order valence-corrected chi connectivity index (χ2v) is 10.6. The lowest BCUT2D eigenvalue weighted by Gasteiger charge is -2.14. The number of hydrogen-bond donors (Lipinski definition) is 4. The molecule has 3 aromatic carbocycles. The molecule has 6 nitrogen and oxygen atoms in total. The summed E-state index contributed by atoms with van der Waals surface area (Å²) >= 11 is 0. The highest BCUT2D eigenvalue weighted by Gasteiger charge is 2.13. The summed E-state index contributed by atoms with van der Waals surface area (Å²) in [5, 5.41) is 26.8. The lowest BCUT2D eigenvalue weighted by atomic mass is 10.00. The van der Waals surface area contributed by atoms with Gasteiger partial charge in [-0.25, -0.2) is 0 Å². The van der Waals surface area contributed by atoms with Crippen molar-refractivity contribution in [3.63, 3.8) is 0 Å². The Labute approximate surface area is 246 Å². The Morgan fingerprint density at radius 2 is 1.02 bits per heavy atom. The molecule has 41 heavy (non-hydrogen) atoms. The molecule has 4 N–H and O–H groups in total. The minimum absolute atomic E-state index is 0.833. The number of aryl methyl sites for hydroxylation is 8. The molecule has 0 bridgehead atoms. The Hall–Kier alpha value is -3.74. The molecule has 0 heterocycles. The number of aliphatic hydroxyl groups excluding tert-OH is 1. The Bertz CT molecular complexity index is 1290. The van der Waals surface area contributed by atoms with Gasteiger partial charge in [0.25, 0.3) is 5.95 Å². The number of hydrogen-bond acceptors (Lipinski definition) is 6. The lowest BCUT2D eigenvalue weighted by Crippen LogP contribution is -2.14. The molecular formula is C35H48N2O4. The zero-order valence-corrected chi connectivity index (χ0v) is 26.0. The van der Waals surface area contributed by atoms with Crippen LogP contribution in [0.5, 0.6) is 0 Å². The van der Waals surface area contributed by atoms with E-state index < -0.39 is 5.95 Å². The molecule has 222 valence electrons. The third kappa shape index (κ3) is 12.1. The lowest BCUT2D eigenvalue weighted by molar-refractivity contribution is -0.176. The summed E-state index contributed by atoms with van der Waals surface area (Å²) in [5.74, 6) is -0.833. The molecule has 0 spiro atoms. The number of aliphatic hydroxyl groups is 2. The van der Waals surface area contributed by atoms with Gasteiger partial charge in [-0.2, -0.15) is 0 Å². The van der Waals surface area contributed by atoms with E-state index in [4.69, 9.17) is 30.7 Å². The van der Waals surface area contributed by atoms with Crippen LogP contribution in [-0.2, 0) is 6.42 Å². The first-order valence-corrected chi connectivity index (χ1v) is 14.0. The molecule has 6 heteroatoms. The van der Waals surface area contributed by atoms with Gasteiger partial charge >= 0.3 is 0 Å². The molecular weight excluding hydrogens is 512 g/mol. The minimum atomic E-state index is -0.833. The second-order valence-electron chi connectivity index (χ2n) is 10.6. The van der Waals surface area contributed by atoms with Gasteiger partial charge in [0.15, 0.2) is 0 Å². The van der Waals surface area contributed by atoms with E-state index in [-0.39, 0.29) is 0 Å².